The molecule has 3 rings (SSSR count). The lowest BCUT2D eigenvalue weighted by atomic mass is 9.92. The Kier molecular flexibility index (Phi) is 2.41. The van der Waals surface area contributed by atoms with Crippen LogP contribution < -0.4 is 0 Å². The maximum absolute atomic E-state index is 5.93. The van der Waals surface area contributed by atoms with Gasteiger partial charge in [0.05, 0.1) is 11.6 Å². The molecule has 0 saturated carbocycles. The van der Waals surface area contributed by atoms with Crippen LogP contribution in [0.4, 0.5) is 0 Å². The average Bonchev–Trinajstić information content (AvgIpc) is 2.37. The lowest BCUT2D eigenvalue weighted by molar-refractivity contribution is 0.951. The largest absolute Gasteiger partial charge is 0.288 e. The Balaban J connectivity index is 2.32. The van der Waals surface area contributed by atoms with Crippen LogP contribution in [0.25, 0.3) is 10.8 Å². The summed E-state index contributed by atoms with van der Waals surface area (Å²) in [7, 11) is 0. The summed E-state index contributed by atoms with van der Waals surface area (Å²) in [6.45, 7) is 0.864. The van der Waals surface area contributed by atoms with Gasteiger partial charge >= 0.3 is 0 Å². The quantitative estimate of drug-likeness (QED) is 0.665. The van der Waals surface area contributed by atoms with Gasteiger partial charge in [0.15, 0.2) is 0 Å². The van der Waals surface area contributed by atoms with Crippen LogP contribution in [0.5, 0.6) is 0 Å². The lowest BCUT2D eigenvalue weighted by Gasteiger charge is -2.17. The number of hydrogen-bond acceptors (Lipinski definition) is 1. The molecule has 0 saturated heterocycles. The summed E-state index contributed by atoms with van der Waals surface area (Å²) in [6, 6.07) is 12.8. The fraction of sp³-hybridized carbons (Fsp3) is 0.214. The van der Waals surface area contributed by atoms with Crippen molar-refractivity contribution >= 4 is 28.1 Å². The third-order valence-electron chi connectivity index (χ3n) is 3.14. The first kappa shape index (κ1) is 9.86. The zero-order chi connectivity index (χ0) is 11.0. The molecule has 0 unspecified atom stereocenters. The highest BCUT2D eigenvalue weighted by Crippen LogP contribution is 2.26. The molecule has 0 aliphatic carbocycles. The van der Waals surface area contributed by atoms with E-state index in [1.807, 2.05) is 0 Å². The molecule has 1 heterocycles. The zero-order valence-electron chi connectivity index (χ0n) is 8.91. The maximum Gasteiger partial charge on any atom is 0.0649 e. The number of halogens is 1. The van der Waals surface area contributed by atoms with Crippen molar-refractivity contribution in [3.63, 3.8) is 0 Å². The Bertz CT molecular complexity index is 572. The first-order valence-electron chi connectivity index (χ1n) is 5.50. The van der Waals surface area contributed by atoms with Crippen LogP contribution >= 0.6 is 11.6 Å². The number of aliphatic imine (C=N–C) groups is 1. The van der Waals surface area contributed by atoms with Crippen molar-refractivity contribution in [1.29, 1.82) is 0 Å². The topological polar surface area (TPSA) is 12.4 Å². The van der Waals surface area contributed by atoms with E-state index in [-0.39, 0.29) is 0 Å². The van der Waals surface area contributed by atoms with Crippen molar-refractivity contribution < 1.29 is 0 Å². The SMILES string of the molecule is ClCC1=NCCc2c1ccc1ccccc21. The fourth-order valence-electron chi connectivity index (χ4n) is 2.38. The summed E-state index contributed by atoms with van der Waals surface area (Å²) < 4.78 is 0. The van der Waals surface area contributed by atoms with Gasteiger partial charge in [0, 0.05) is 12.1 Å². The number of benzene rings is 2. The Morgan fingerprint density at radius 3 is 2.88 bits per heavy atom. The second-order valence-corrected chi connectivity index (χ2v) is 4.29. The van der Waals surface area contributed by atoms with E-state index in [1.165, 1.54) is 21.9 Å². The molecular weight excluding hydrogens is 218 g/mol. The Morgan fingerprint density at radius 1 is 1.12 bits per heavy atom. The van der Waals surface area contributed by atoms with Crippen LogP contribution in [-0.4, -0.2) is 18.1 Å². The highest BCUT2D eigenvalue weighted by atomic mass is 35.5. The smallest absolute Gasteiger partial charge is 0.0649 e. The first-order chi connectivity index (χ1) is 7.90. The van der Waals surface area contributed by atoms with Crippen LogP contribution in [0.15, 0.2) is 41.4 Å². The molecule has 0 N–H and O–H groups in total. The summed E-state index contributed by atoms with van der Waals surface area (Å²) >= 11 is 5.93. The molecule has 0 atom stereocenters. The average molecular weight is 230 g/mol. The Labute approximate surface area is 99.8 Å². The van der Waals surface area contributed by atoms with Crippen molar-refractivity contribution in [3.8, 4) is 0 Å². The van der Waals surface area contributed by atoms with Crippen molar-refractivity contribution in [2.45, 2.75) is 6.42 Å². The van der Waals surface area contributed by atoms with Gasteiger partial charge in [0.25, 0.3) is 0 Å². The Hall–Kier alpha value is -1.34. The second-order valence-electron chi connectivity index (χ2n) is 4.02. The standard InChI is InChI=1S/C14H12ClN/c15-9-14-13-6-5-10-3-1-2-4-11(10)12(13)7-8-16-14/h1-6H,7-9H2. The monoisotopic (exact) mass is 229 g/mol. The minimum absolute atomic E-state index is 0.505. The summed E-state index contributed by atoms with van der Waals surface area (Å²) in [5.74, 6) is 0.505. The fourth-order valence-corrected chi connectivity index (χ4v) is 2.61. The van der Waals surface area contributed by atoms with Gasteiger partial charge in [-0.1, -0.05) is 36.4 Å². The molecule has 2 aromatic rings. The predicted molar refractivity (Wildman–Crippen MR) is 69.8 cm³/mol. The molecule has 1 aliphatic heterocycles. The molecule has 2 aromatic carbocycles. The molecule has 0 spiro atoms. The van der Waals surface area contributed by atoms with Gasteiger partial charge in [0.2, 0.25) is 0 Å². The molecule has 0 aromatic heterocycles. The molecule has 0 radical (unpaired) electrons. The van der Waals surface area contributed by atoms with Crippen LogP contribution in [0, 0.1) is 0 Å². The summed E-state index contributed by atoms with van der Waals surface area (Å²) in [6.07, 6.45) is 1.02. The molecule has 1 nitrogen and oxygen atoms in total. The molecule has 0 amide bonds. The second kappa shape index (κ2) is 3.91. The van der Waals surface area contributed by atoms with Crippen LogP contribution in [0.2, 0.25) is 0 Å². The van der Waals surface area contributed by atoms with E-state index in [9.17, 15) is 0 Å². The lowest BCUT2D eigenvalue weighted by Crippen LogP contribution is -2.14. The normalized spacial score (nSPS) is 14.7. The van der Waals surface area contributed by atoms with E-state index in [4.69, 9.17) is 11.6 Å². The van der Waals surface area contributed by atoms with Crippen LogP contribution in [0.1, 0.15) is 11.1 Å². The van der Waals surface area contributed by atoms with Crippen molar-refractivity contribution in [2.75, 3.05) is 12.4 Å². The minimum atomic E-state index is 0.505. The van der Waals surface area contributed by atoms with E-state index in [0.717, 1.165) is 18.7 Å². The Morgan fingerprint density at radius 2 is 2.00 bits per heavy atom. The third-order valence-corrected chi connectivity index (χ3v) is 3.40. The summed E-state index contributed by atoms with van der Waals surface area (Å²) in [4.78, 5) is 4.48. The molecule has 80 valence electrons. The number of nitrogens with zero attached hydrogens (tertiary/aromatic N) is 1. The summed E-state index contributed by atoms with van der Waals surface area (Å²) in [5.41, 5.74) is 3.68. The van der Waals surface area contributed by atoms with Crippen LogP contribution in [0.3, 0.4) is 0 Å². The minimum Gasteiger partial charge on any atom is -0.288 e. The van der Waals surface area contributed by atoms with Crippen LogP contribution in [-0.2, 0) is 6.42 Å². The van der Waals surface area contributed by atoms with E-state index in [1.54, 1.807) is 0 Å². The van der Waals surface area contributed by atoms with Gasteiger partial charge in [-0.15, -0.1) is 11.6 Å². The zero-order valence-corrected chi connectivity index (χ0v) is 9.67. The van der Waals surface area contributed by atoms with Gasteiger partial charge in [-0.25, -0.2) is 0 Å². The number of rotatable bonds is 1. The number of fused-ring (bicyclic) bond motifs is 3. The highest BCUT2D eigenvalue weighted by molar-refractivity contribution is 6.32. The summed E-state index contributed by atoms with van der Waals surface area (Å²) in [5, 5.41) is 2.65. The maximum atomic E-state index is 5.93. The highest BCUT2D eigenvalue weighted by Gasteiger charge is 2.15. The first-order valence-corrected chi connectivity index (χ1v) is 6.04. The van der Waals surface area contributed by atoms with E-state index in [0.29, 0.717) is 5.88 Å². The van der Waals surface area contributed by atoms with Gasteiger partial charge < -0.3 is 0 Å². The van der Waals surface area contributed by atoms with Gasteiger partial charge in [-0.3, -0.25) is 4.99 Å². The van der Waals surface area contributed by atoms with E-state index >= 15 is 0 Å². The van der Waals surface area contributed by atoms with Crippen molar-refractivity contribution in [1.82, 2.24) is 0 Å². The van der Waals surface area contributed by atoms with E-state index < -0.39 is 0 Å². The molecule has 16 heavy (non-hydrogen) atoms. The van der Waals surface area contributed by atoms with Gasteiger partial charge in [0.1, 0.15) is 0 Å². The molecule has 0 bridgehead atoms. The molecule has 0 fully saturated rings. The number of alkyl halides is 1. The molecular formula is C14H12ClN. The molecule has 1 aliphatic rings. The molecule has 2 heteroatoms. The van der Waals surface area contributed by atoms with E-state index in [2.05, 4.69) is 41.4 Å². The predicted octanol–water partition coefficient (Wildman–Crippen LogP) is 3.42. The van der Waals surface area contributed by atoms with Crippen molar-refractivity contribution in [3.05, 3.63) is 47.5 Å². The number of hydrogen-bond donors (Lipinski definition) is 0. The van der Waals surface area contributed by atoms with Crippen molar-refractivity contribution in [2.24, 2.45) is 4.99 Å². The van der Waals surface area contributed by atoms with Gasteiger partial charge in [-0.2, -0.15) is 0 Å². The third kappa shape index (κ3) is 1.43. The van der Waals surface area contributed by atoms with Gasteiger partial charge in [-0.05, 0) is 22.8 Å².